The first-order chi connectivity index (χ1) is 8.07. The van der Waals surface area contributed by atoms with E-state index < -0.39 is 0 Å². The highest BCUT2D eigenvalue weighted by Crippen LogP contribution is 2.28. The van der Waals surface area contributed by atoms with Gasteiger partial charge in [-0.3, -0.25) is 4.99 Å². The van der Waals surface area contributed by atoms with Gasteiger partial charge in [0.2, 0.25) is 0 Å². The van der Waals surface area contributed by atoms with E-state index >= 15 is 0 Å². The van der Waals surface area contributed by atoms with Crippen LogP contribution in [0, 0.1) is 0 Å². The molecular formula is C13H19N3O. The lowest BCUT2D eigenvalue weighted by Crippen LogP contribution is -2.48. The fourth-order valence-corrected chi connectivity index (χ4v) is 2.17. The molecule has 1 heterocycles. The fraction of sp³-hybridized carbons (Fsp3) is 0.462. The van der Waals surface area contributed by atoms with Gasteiger partial charge in [0.15, 0.2) is 5.96 Å². The second-order valence-electron chi connectivity index (χ2n) is 4.72. The summed E-state index contributed by atoms with van der Waals surface area (Å²) in [5, 5.41) is 0. The zero-order valence-corrected chi connectivity index (χ0v) is 10.6. The Hall–Kier alpha value is -1.71. The van der Waals surface area contributed by atoms with Crippen LogP contribution in [0.3, 0.4) is 0 Å². The molecule has 0 aliphatic carbocycles. The van der Waals surface area contributed by atoms with E-state index in [0.717, 1.165) is 18.7 Å². The maximum atomic E-state index is 5.82. The SMILES string of the molecule is COc1ccccc1CC1(C)CN=C(N)N1C. The van der Waals surface area contributed by atoms with Crippen LogP contribution in [0.4, 0.5) is 0 Å². The van der Waals surface area contributed by atoms with Crippen LogP contribution in [0.2, 0.25) is 0 Å². The first-order valence-corrected chi connectivity index (χ1v) is 5.72. The quantitative estimate of drug-likeness (QED) is 0.855. The number of methoxy groups -OCH3 is 1. The Morgan fingerprint density at radius 1 is 1.47 bits per heavy atom. The van der Waals surface area contributed by atoms with Crippen LogP contribution < -0.4 is 10.5 Å². The standard InChI is InChI=1S/C13H19N3O/c1-13(9-15-12(14)16(13)2)8-10-6-4-5-7-11(10)17-3/h4-7H,8-9H2,1-3H3,(H2,14,15). The van der Waals surface area contributed by atoms with E-state index in [-0.39, 0.29) is 5.54 Å². The molecule has 0 radical (unpaired) electrons. The first kappa shape index (κ1) is 11.8. The van der Waals surface area contributed by atoms with E-state index in [1.165, 1.54) is 5.56 Å². The van der Waals surface area contributed by atoms with Crippen LogP contribution in [0.1, 0.15) is 12.5 Å². The van der Waals surface area contributed by atoms with Crippen molar-refractivity contribution in [1.82, 2.24) is 4.90 Å². The Morgan fingerprint density at radius 2 is 2.18 bits per heavy atom. The fourth-order valence-electron chi connectivity index (χ4n) is 2.17. The molecular weight excluding hydrogens is 214 g/mol. The van der Waals surface area contributed by atoms with Gasteiger partial charge in [-0.25, -0.2) is 0 Å². The molecule has 0 aromatic heterocycles. The molecule has 0 spiro atoms. The van der Waals surface area contributed by atoms with Crippen molar-refractivity contribution >= 4 is 5.96 Å². The highest BCUT2D eigenvalue weighted by atomic mass is 16.5. The Bertz CT molecular complexity index is 444. The molecule has 1 aromatic carbocycles. The summed E-state index contributed by atoms with van der Waals surface area (Å²) in [7, 11) is 3.69. The number of aliphatic imine (C=N–C) groups is 1. The maximum absolute atomic E-state index is 5.82. The van der Waals surface area contributed by atoms with Gasteiger partial charge in [0, 0.05) is 13.5 Å². The number of para-hydroxylation sites is 1. The predicted octanol–water partition coefficient (Wildman–Crippen LogP) is 1.26. The third kappa shape index (κ3) is 2.07. The minimum Gasteiger partial charge on any atom is -0.496 e. The van der Waals surface area contributed by atoms with Gasteiger partial charge in [-0.2, -0.15) is 0 Å². The van der Waals surface area contributed by atoms with Gasteiger partial charge >= 0.3 is 0 Å². The van der Waals surface area contributed by atoms with Crippen LogP contribution >= 0.6 is 0 Å². The van der Waals surface area contributed by atoms with Gasteiger partial charge in [-0.1, -0.05) is 18.2 Å². The number of ether oxygens (including phenoxy) is 1. The average molecular weight is 233 g/mol. The first-order valence-electron chi connectivity index (χ1n) is 5.72. The van der Waals surface area contributed by atoms with E-state index in [1.54, 1.807) is 7.11 Å². The largest absolute Gasteiger partial charge is 0.496 e. The molecule has 1 aliphatic rings. The number of likely N-dealkylation sites (N-methyl/N-ethyl adjacent to an activating group) is 1. The summed E-state index contributed by atoms with van der Waals surface area (Å²) in [6.07, 6.45) is 0.873. The summed E-state index contributed by atoms with van der Waals surface area (Å²) in [6, 6.07) is 8.08. The average Bonchev–Trinajstić information content (AvgIpc) is 2.58. The Labute approximate surface area is 102 Å². The zero-order chi connectivity index (χ0) is 12.5. The second-order valence-corrected chi connectivity index (χ2v) is 4.72. The molecule has 1 aromatic rings. The molecule has 0 saturated carbocycles. The van der Waals surface area contributed by atoms with E-state index in [2.05, 4.69) is 18.0 Å². The van der Waals surface area contributed by atoms with Crippen molar-refractivity contribution in [3.63, 3.8) is 0 Å². The molecule has 4 nitrogen and oxygen atoms in total. The molecule has 1 aliphatic heterocycles. The lowest BCUT2D eigenvalue weighted by Gasteiger charge is -2.33. The second kappa shape index (κ2) is 4.28. The van der Waals surface area contributed by atoms with Crippen molar-refractivity contribution in [3.05, 3.63) is 29.8 Å². The predicted molar refractivity (Wildman–Crippen MR) is 69.4 cm³/mol. The molecule has 92 valence electrons. The highest BCUT2D eigenvalue weighted by Gasteiger charge is 2.35. The molecule has 17 heavy (non-hydrogen) atoms. The van der Waals surface area contributed by atoms with Crippen molar-refractivity contribution in [1.29, 1.82) is 0 Å². The number of nitrogens with two attached hydrogens (primary N) is 1. The Kier molecular flexibility index (Phi) is 2.96. The van der Waals surface area contributed by atoms with Crippen molar-refractivity contribution in [3.8, 4) is 5.75 Å². The molecule has 0 fully saturated rings. The topological polar surface area (TPSA) is 50.9 Å². The van der Waals surface area contributed by atoms with E-state index in [4.69, 9.17) is 10.5 Å². The van der Waals surface area contributed by atoms with Gasteiger partial charge in [-0.15, -0.1) is 0 Å². The van der Waals surface area contributed by atoms with Gasteiger partial charge in [0.1, 0.15) is 5.75 Å². The van der Waals surface area contributed by atoms with Gasteiger partial charge < -0.3 is 15.4 Å². The lowest BCUT2D eigenvalue weighted by atomic mass is 9.92. The molecule has 1 atom stereocenters. The summed E-state index contributed by atoms with van der Waals surface area (Å²) in [6.45, 7) is 2.90. The van der Waals surface area contributed by atoms with Crippen LogP contribution in [-0.2, 0) is 6.42 Å². The molecule has 1 unspecified atom stereocenters. The van der Waals surface area contributed by atoms with Crippen molar-refractivity contribution in [2.75, 3.05) is 20.7 Å². The third-order valence-electron chi connectivity index (χ3n) is 3.50. The molecule has 2 N–H and O–H groups in total. The minimum absolute atomic E-state index is 0.0568. The van der Waals surface area contributed by atoms with Crippen molar-refractivity contribution in [2.45, 2.75) is 18.9 Å². The maximum Gasteiger partial charge on any atom is 0.191 e. The van der Waals surface area contributed by atoms with Crippen molar-refractivity contribution in [2.24, 2.45) is 10.7 Å². The Balaban J connectivity index is 2.22. The molecule has 0 bridgehead atoms. The third-order valence-corrected chi connectivity index (χ3v) is 3.50. The normalized spacial score (nSPS) is 23.7. The summed E-state index contributed by atoms with van der Waals surface area (Å²) in [4.78, 5) is 6.34. The molecule has 2 rings (SSSR count). The number of guanidine groups is 1. The van der Waals surface area contributed by atoms with Gasteiger partial charge in [0.25, 0.3) is 0 Å². The van der Waals surface area contributed by atoms with Crippen LogP contribution in [-0.4, -0.2) is 37.1 Å². The molecule has 0 saturated heterocycles. The Morgan fingerprint density at radius 3 is 2.76 bits per heavy atom. The lowest BCUT2D eigenvalue weighted by molar-refractivity contribution is 0.257. The van der Waals surface area contributed by atoms with Crippen LogP contribution in [0.15, 0.2) is 29.3 Å². The number of rotatable bonds is 3. The van der Waals surface area contributed by atoms with E-state index in [0.29, 0.717) is 5.96 Å². The van der Waals surface area contributed by atoms with E-state index in [1.807, 2.05) is 30.1 Å². The molecule has 0 amide bonds. The zero-order valence-electron chi connectivity index (χ0n) is 10.6. The van der Waals surface area contributed by atoms with E-state index in [9.17, 15) is 0 Å². The summed E-state index contributed by atoms with van der Waals surface area (Å²) >= 11 is 0. The number of nitrogens with zero attached hydrogens (tertiary/aromatic N) is 2. The number of hydrogen-bond donors (Lipinski definition) is 1. The minimum atomic E-state index is -0.0568. The summed E-state index contributed by atoms with van der Waals surface area (Å²) in [5.74, 6) is 1.54. The summed E-state index contributed by atoms with van der Waals surface area (Å²) in [5.41, 5.74) is 6.96. The number of benzene rings is 1. The van der Waals surface area contributed by atoms with Crippen LogP contribution in [0.25, 0.3) is 0 Å². The number of hydrogen-bond acceptors (Lipinski definition) is 4. The van der Waals surface area contributed by atoms with Gasteiger partial charge in [-0.05, 0) is 18.6 Å². The van der Waals surface area contributed by atoms with Gasteiger partial charge in [0.05, 0.1) is 19.2 Å². The van der Waals surface area contributed by atoms with Crippen LogP contribution in [0.5, 0.6) is 5.75 Å². The highest BCUT2D eigenvalue weighted by molar-refractivity contribution is 5.80. The smallest absolute Gasteiger partial charge is 0.191 e. The van der Waals surface area contributed by atoms with Crippen molar-refractivity contribution < 1.29 is 4.74 Å². The molecule has 4 heteroatoms. The summed E-state index contributed by atoms with van der Waals surface area (Å²) < 4.78 is 5.38. The monoisotopic (exact) mass is 233 g/mol.